The van der Waals surface area contributed by atoms with E-state index in [0.29, 0.717) is 24.0 Å². The van der Waals surface area contributed by atoms with Gasteiger partial charge in [-0.3, -0.25) is 10.9 Å². The van der Waals surface area contributed by atoms with Gasteiger partial charge >= 0.3 is 12.1 Å². The number of halogens is 5. The Balaban J connectivity index is 1.90. The van der Waals surface area contributed by atoms with Gasteiger partial charge in [0.2, 0.25) is 5.84 Å². The summed E-state index contributed by atoms with van der Waals surface area (Å²) in [4.78, 5) is 0. The van der Waals surface area contributed by atoms with E-state index in [1.54, 1.807) is 6.08 Å². The largest absolute Gasteiger partial charge is 0.416 e. The number of alkyl halides is 5. The van der Waals surface area contributed by atoms with Crippen LogP contribution in [0.4, 0.5) is 22.0 Å². The van der Waals surface area contributed by atoms with Gasteiger partial charge in [0.05, 0.1) is 11.3 Å². The summed E-state index contributed by atoms with van der Waals surface area (Å²) >= 11 is 0. The molecule has 0 aliphatic carbocycles. The Morgan fingerprint density at radius 3 is 2.38 bits per heavy atom. The normalized spacial score (nSPS) is 17.5. The molecule has 0 spiro atoms. The number of aryl methyl sites for hydroxylation is 1. The van der Waals surface area contributed by atoms with E-state index in [4.69, 9.17) is 0 Å². The van der Waals surface area contributed by atoms with Crippen molar-refractivity contribution >= 4 is 11.5 Å². The van der Waals surface area contributed by atoms with Crippen LogP contribution >= 0.6 is 0 Å². The van der Waals surface area contributed by atoms with Gasteiger partial charge in [0.15, 0.2) is 0 Å². The number of hydrazone groups is 1. The fourth-order valence-electron chi connectivity index (χ4n) is 2.47. The van der Waals surface area contributed by atoms with E-state index in [1.807, 2.05) is 0 Å². The van der Waals surface area contributed by atoms with Gasteiger partial charge in [-0.2, -0.15) is 27.1 Å². The van der Waals surface area contributed by atoms with Crippen molar-refractivity contribution in [2.24, 2.45) is 5.10 Å². The molecule has 2 N–H and O–H groups in total. The maximum Gasteiger partial charge on any atom is 0.416 e. The molecule has 24 heavy (non-hydrogen) atoms. The molecule has 0 aromatic heterocycles. The van der Waals surface area contributed by atoms with Crippen LogP contribution in [0.3, 0.4) is 0 Å². The lowest BCUT2D eigenvalue weighted by atomic mass is 10.0. The Labute approximate surface area is 134 Å². The molecule has 0 saturated carbocycles. The lowest BCUT2D eigenvalue weighted by molar-refractivity contribution is -0.138. The average Bonchev–Trinajstić information content (AvgIpc) is 2.88. The zero-order chi connectivity index (χ0) is 17.7. The van der Waals surface area contributed by atoms with Crippen LogP contribution in [-0.4, -0.2) is 16.8 Å². The third-order valence-corrected chi connectivity index (χ3v) is 3.60. The second-order valence-corrected chi connectivity index (χ2v) is 5.54. The van der Waals surface area contributed by atoms with Gasteiger partial charge in [0.25, 0.3) is 0 Å². The molecule has 0 amide bonds. The Hall–Kier alpha value is -2.58. The van der Waals surface area contributed by atoms with Crippen molar-refractivity contribution in [3.8, 4) is 0 Å². The monoisotopic (exact) mass is 344 g/mol. The van der Waals surface area contributed by atoms with Crippen LogP contribution in [-0.2, 0) is 6.18 Å². The summed E-state index contributed by atoms with van der Waals surface area (Å²) in [5, 5.41) is 4.65. The molecule has 0 saturated heterocycles. The Morgan fingerprint density at radius 2 is 1.79 bits per heavy atom. The highest BCUT2D eigenvalue weighted by Gasteiger charge is 2.41. The van der Waals surface area contributed by atoms with E-state index in [-0.39, 0.29) is 5.56 Å². The Kier molecular flexibility index (Phi) is 3.54. The molecule has 0 bridgehead atoms. The van der Waals surface area contributed by atoms with E-state index in [9.17, 15) is 22.0 Å². The first-order chi connectivity index (χ1) is 11.1. The summed E-state index contributed by atoms with van der Waals surface area (Å²) in [5.74, 6) is -3.41. The molecule has 4 nitrogen and oxygen atoms in total. The number of nitrogens with zero attached hydrogens (tertiary/aromatic N) is 2. The molecule has 128 valence electrons. The van der Waals surface area contributed by atoms with Crippen molar-refractivity contribution in [2.75, 3.05) is 0 Å². The van der Waals surface area contributed by atoms with Crippen LogP contribution in [0.5, 0.6) is 0 Å². The van der Waals surface area contributed by atoms with Crippen LogP contribution in [0.25, 0.3) is 5.70 Å². The van der Waals surface area contributed by atoms with Crippen LogP contribution in [0.2, 0.25) is 0 Å². The molecule has 1 aromatic carbocycles. The topological polar surface area (TPSA) is 39.7 Å². The van der Waals surface area contributed by atoms with Crippen LogP contribution in [0.15, 0.2) is 41.3 Å². The molecule has 2 heterocycles. The van der Waals surface area contributed by atoms with Crippen LogP contribution in [0, 0.1) is 6.92 Å². The molecule has 0 fully saturated rings. The summed E-state index contributed by atoms with van der Waals surface area (Å²) in [6.07, 6.45) is -1.35. The van der Waals surface area contributed by atoms with Crippen molar-refractivity contribution in [1.82, 2.24) is 15.9 Å². The third-order valence-electron chi connectivity index (χ3n) is 3.60. The lowest BCUT2D eigenvalue weighted by Crippen LogP contribution is -2.47. The Morgan fingerprint density at radius 1 is 1.08 bits per heavy atom. The number of allylic oxidation sites excluding steroid dienone is 2. The first kappa shape index (κ1) is 16.3. The van der Waals surface area contributed by atoms with E-state index in [0.717, 1.165) is 11.1 Å². The van der Waals surface area contributed by atoms with Gasteiger partial charge in [0.1, 0.15) is 5.82 Å². The van der Waals surface area contributed by atoms with E-state index >= 15 is 0 Å². The standard InChI is InChI=1S/C15H13F5N4/c1-8-7-9(3-4-10(8)15(18,19)20)11-5-6-12-21-22-13(14(2,16)17)24(12)23-11/h3-7,21,23H,1-2H3. The number of hydrazine groups is 1. The summed E-state index contributed by atoms with van der Waals surface area (Å²) < 4.78 is 65.6. The fraction of sp³-hybridized carbons (Fsp3) is 0.267. The van der Waals surface area contributed by atoms with Gasteiger partial charge in [-0.15, -0.1) is 0 Å². The first-order valence-corrected chi connectivity index (χ1v) is 6.96. The predicted molar refractivity (Wildman–Crippen MR) is 78.4 cm³/mol. The molecule has 2 aliphatic heterocycles. The number of hydrogen-bond acceptors (Lipinski definition) is 4. The maximum absolute atomic E-state index is 13.6. The molecule has 0 radical (unpaired) electrons. The first-order valence-electron chi connectivity index (χ1n) is 6.96. The van der Waals surface area contributed by atoms with Crippen LogP contribution in [0.1, 0.15) is 23.6 Å². The van der Waals surface area contributed by atoms with Crippen molar-refractivity contribution in [3.05, 3.63) is 52.9 Å². The smallest absolute Gasteiger partial charge is 0.290 e. The van der Waals surface area contributed by atoms with Gasteiger partial charge in [0, 0.05) is 6.92 Å². The highest BCUT2D eigenvalue weighted by Crippen LogP contribution is 2.33. The number of hydrogen-bond donors (Lipinski definition) is 2. The number of amidine groups is 1. The minimum Gasteiger partial charge on any atom is -0.290 e. The van der Waals surface area contributed by atoms with E-state index in [1.165, 1.54) is 25.1 Å². The van der Waals surface area contributed by atoms with Crippen molar-refractivity contribution < 1.29 is 22.0 Å². The summed E-state index contributed by atoms with van der Waals surface area (Å²) in [6.45, 7) is 2.06. The number of benzene rings is 1. The molecule has 9 heteroatoms. The number of fused-ring (bicyclic) bond motifs is 1. The SMILES string of the molecule is Cc1cc(C2=CC=C3NN=C(C(C)(F)F)N3N2)ccc1C(F)(F)F. The van der Waals surface area contributed by atoms with E-state index in [2.05, 4.69) is 16.0 Å². The van der Waals surface area contributed by atoms with Crippen molar-refractivity contribution in [3.63, 3.8) is 0 Å². The summed E-state index contributed by atoms with van der Waals surface area (Å²) in [6, 6.07) is 3.61. The number of rotatable bonds is 2. The summed E-state index contributed by atoms with van der Waals surface area (Å²) in [7, 11) is 0. The molecule has 0 atom stereocenters. The quantitative estimate of drug-likeness (QED) is 0.806. The average molecular weight is 344 g/mol. The van der Waals surface area contributed by atoms with Gasteiger partial charge < -0.3 is 0 Å². The summed E-state index contributed by atoms with van der Waals surface area (Å²) in [5.41, 5.74) is 5.36. The molecular formula is C15H13F5N4. The lowest BCUT2D eigenvalue weighted by Gasteiger charge is -2.29. The molecule has 1 aromatic rings. The highest BCUT2D eigenvalue weighted by atomic mass is 19.4. The molecule has 0 unspecified atom stereocenters. The second kappa shape index (κ2) is 5.22. The zero-order valence-corrected chi connectivity index (χ0v) is 12.7. The van der Waals surface area contributed by atoms with Crippen LogP contribution < -0.4 is 10.9 Å². The van der Waals surface area contributed by atoms with E-state index < -0.39 is 23.5 Å². The van der Waals surface area contributed by atoms with Gasteiger partial charge in [-0.05, 0) is 42.3 Å². The minimum atomic E-state index is -4.44. The minimum absolute atomic E-state index is 0.0479. The maximum atomic E-state index is 13.6. The van der Waals surface area contributed by atoms with Gasteiger partial charge in [-0.25, -0.2) is 5.01 Å². The van der Waals surface area contributed by atoms with Crippen molar-refractivity contribution in [2.45, 2.75) is 25.9 Å². The molecule has 2 aliphatic rings. The highest BCUT2D eigenvalue weighted by molar-refractivity contribution is 5.92. The zero-order valence-electron chi connectivity index (χ0n) is 12.7. The van der Waals surface area contributed by atoms with Gasteiger partial charge in [-0.1, -0.05) is 6.07 Å². The third kappa shape index (κ3) is 2.81. The molecular weight excluding hydrogens is 331 g/mol. The fourth-order valence-corrected chi connectivity index (χ4v) is 2.47. The Bertz CT molecular complexity index is 771. The second-order valence-electron chi connectivity index (χ2n) is 5.54. The molecule has 3 rings (SSSR count). The predicted octanol–water partition coefficient (Wildman–Crippen LogP) is 3.59. The number of nitrogens with one attached hydrogen (secondary N) is 2. The van der Waals surface area contributed by atoms with Crippen molar-refractivity contribution in [1.29, 1.82) is 0 Å².